The number of nitrogens with two attached hydrogens (primary N) is 1. The number of aliphatic hydroxyl groups is 1. The summed E-state index contributed by atoms with van der Waals surface area (Å²) in [5, 5.41) is 18.8. The highest BCUT2D eigenvalue weighted by molar-refractivity contribution is 7.89. The van der Waals surface area contributed by atoms with Gasteiger partial charge in [-0.2, -0.15) is 0 Å². The van der Waals surface area contributed by atoms with Crippen LogP contribution < -0.4 is 10.5 Å². The fraction of sp³-hybridized carbons (Fsp3) is 0.333. The topological polar surface area (TPSA) is 113 Å². The molecule has 0 heterocycles. The first-order valence-electron chi connectivity index (χ1n) is 4.57. The van der Waals surface area contributed by atoms with E-state index in [1.807, 2.05) is 0 Å². The Morgan fingerprint density at radius 1 is 1.50 bits per heavy atom. The molecule has 0 saturated heterocycles. The monoisotopic (exact) mass is 246 g/mol. The van der Waals surface area contributed by atoms with Gasteiger partial charge in [-0.3, -0.25) is 0 Å². The maximum Gasteiger partial charge on any atom is 0.240 e. The number of phenols is 1. The molecule has 6 nitrogen and oxygen atoms in total. The molecule has 0 aliphatic carbocycles. The van der Waals surface area contributed by atoms with Crippen molar-refractivity contribution in [2.75, 3.05) is 13.6 Å². The smallest absolute Gasteiger partial charge is 0.240 e. The van der Waals surface area contributed by atoms with Gasteiger partial charge in [0, 0.05) is 18.2 Å². The van der Waals surface area contributed by atoms with E-state index in [0.29, 0.717) is 0 Å². The highest BCUT2D eigenvalue weighted by Crippen LogP contribution is 2.25. The number of nitrogens with one attached hydrogen (secondary N) is 1. The summed E-state index contributed by atoms with van der Waals surface area (Å²) in [5.41, 5.74) is 5.43. The van der Waals surface area contributed by atoms with Gasteiger partial charge in [0.15, 0.2) is 0 Å². The van der Waals surface area contributed by atoms with Gasteiger partial charge in [-0.15, -0.1) is 0 Å². The first kappa shape index (κ1) is 12.9. The van der Waals surface area contributed by atoms with E-state index in [0.717, 1.165) is 6.07 Å². The van der Waals surface area contributed by atoms with Gasteiger partial charge in [-0.25, -0.2) is 13.1 Å². The van der Waals surface area contributed by atoms with E-state index in [1.165, 1.54) is 19.2 Å². The molecule has 7 heteroatoms. The molecule has 90 valence electrons. The third kappa shape index (κ3) is 2.50. The van der Waals surface area contributed by atoms with Crippen LogP contribution in [0, 0.1) is 0 Å². The Bertz CT molecular complexity index is 472. The van der Waals surface area contributed by atoms with E-state index in [-0.39, 0.29) is 22.8 Å². The predicted molar refractivity (Wildman–Crippen MR) is 58.4 cm³/mol. The molecule has 1 aromatic carbocycles. The second-order valence-corrected chi connectivity index (χ2v) is 5.04. The van der Waals surface area contributed by atoms with Crippen LogP contribution >= 0.6 is 0 Å². The third-order valence-corrected chi connectivity index (χ3v) is 3.61. The first-order chi connectivity index (χ1) is 7.42. The van der Waals surface area contributed by atoms with E-state index >= 15 is 0 Å². The molecule has 0 spiro atoms. The summed E-state index contributed by atoms with van der Waals surface area (Å²) in [6.07, 6.45) is -1.08. The van der Waals surface area contributed by atoms with Crippen LogP contribution in [-0.2, 0) is 10.0 Å². The zero-order valence-corrected chi connectivity index (χ0v) is 9.53. The number of aromatic hydroxyl groups is 1. The van der Waals surface area contributed by atoms with Crippen molar-refractivity contribution < 1.29 is 18.6 Å². The van der Waals surface area contributed by atoms with Crippen molar-refractivity contribution in [1.29, 1.82) is 0 Å². The molecule has 5 N–H and O–H groups in total. The third-order valence-electron chi connectivity index (χ3n) is 2.14. The van der Waals surface area contributed by atoms with Crippen molar-refractivity contribution in [3.8, 4) is 5.75 Å². The normalized spacial score (nSPS) is 13.7. The van der Waals surface area contributed by atoms with Gasteiger partial charge in [0.1, 0.15) is 5.75 Å². The van der Waals surface area contributed by atoms with Gasteiger partial charge in [-0.05, 0) is 13.1 Å². The lowest BCUT2D eigenvalue weighted by atomic mass is 10.1. The van der Waals surface area contributed by atoms with Crippen LogP contribution in [0.5, 0.6) is 5.75 Å². The Labute approximate surface area is 93.8 Å². The van der Waals surface area contributed by atoms with Gasteiger partial charge in [0.2, 0.25) is 10.0 Å². The Balaban J connectivity index is 3.41. The number of hydrogen-bond acceptors (Lipinski definition) is 5. The van der Waals surface area contributed by atoms with Gasteiger partial charge in [0.05, 0.1) is 11.0 Å². The van der Waals surface area contributed by atoms with Gasteiger partial charge in [0.25, 0.3) is 0 Å². The van der Waals surface area contributed by atoms with Crippen molar-refractivity contribution in [3.05, 3.63) is 23.8 Å². The largest absolute Gasteiger partial charge is 0.508 e. The van der Waals surface area contributed by atoms with Crippen LogP contribution in [0.1, 0.15) is 11.7 Å². The summed E-state index contributed by atoms with van der Waals surface area (Å²) in [4.78, 5) is -0.173. The molecular weight excluding hydrogens is 232 g/mol. The minimum atomic E-state index is -3.73. The average Bonchev–Trinajstić information content (AvgIpc) is 2.28. The molecule has 0 amide bonds. The zero-order chi connectivity index (χ0) is 12.3. The fourth-order valence-corrected chi connectivity index (χ4v) is 2.28. The molecule has 1 atom stereocenters. The standard InChI is InChI=1S/C9H14N2O4S/c1-11-16(14,15)9-4-6(12)2-3-7(9)8(13)5-10/h2-4,8,11-13H,5,10H2,1H3/t8-/m0/s1. The predicted octanol–water partition coefficient (Wildman–Crippen LogP) is -0.708. The van der Waals surface area contributed by atoms with Crippen LogP contribution in [0.2, 0.25) is 0 Å². The zero-order valence-electron chi connectivity index (χ0n) is 8.71. The summed E-state index contributed by atoms with van der Waals surface area (Å²) >= 11 is 0. The molecule has 0 aliphatic rings. The minimum Gasteiger partial charge on any atom is -0.508 e. The maximum atomic E-state index is 11.6. The van der Waals surface area contributed by atoms with Crippen LogP contribution in [-0.4, -0.2) is 32.2 Å². The average molecular weight is 246 g/mol. The molecule has 0 fully saturated rings. The SMILES string of the molecule is CNS(=O)(=O)c1cc(O)ccc1[C@@H](O)CN. The van der Waals surface area contributed by atoms with Crippen LogP contribution in [0.3, 0.4) is 0 Å². The summed E-state index contributed by atoms with van der Waals surface area (Å²) in [7, 11) is -2.48. The van der Waals surface area contributed by atoms with Crippen LogP contribution in [0.4, 0.5) is 0 Å². The molecule has 1 rings (SSSR count). The molecule has 0 bridgehead atoms. The highest BCUT2D eigenvalue weighted by Gasteiger charge is 2.21. The second kappa shape index (κ2) is 4.79. The molecule has 0 aliphatic heterocycles. The second-order valence-electron chi connectivity index (χ2n) is 3.18. The van der Waals surface area contributed by atoms with E-state index in [9.17, 15) is 18.6 Å². The van der Waals surface area contributed by atoms with Gasteiger partial charge >= 0.3 is 0 Å². The molecule has 16 heavy (non-hydrogen) atoms. The lowest BCUT2D eigenvalue weighted by Gasteiger charge is -2.14. The summed E-state index contributed by atoms with van der Waals surface area (Å²) < 4.78 is 25.4. The Kier molecular flexibility index (Phi) is 3.87. The number of sulfonamides is 1. The van der Waals surface area contributed by atoms with Crippen LogP contribution in [0.15, 0.2) is 23.1 Å². The summed E-state index contributed by atoms with van der Waals surface area (Å²) in [6.45, 7) is -0.100. The van der Waals surface area contributed by atoms with E-state index in [2.05, 4.69) is 4.72 Å². The van der Waals surface area contributed by atoms with Crippen LogP contribution in [0.25, 0.3) is 0 Å². The molecule has 0 saturated carbocycles. The van der Waals surface area contributed by atoms with Crippen molar-refractivity contribution >= 4 is 10.0 Å². The van der Waals surface area contributed by atoms with E-state index in [1.54, 1.807) is 0 Å². The highest BCUT2D eigenvalue weighted by atomic mass is 32.2. The van der Waals surface area contributed by atoms with E-state index in [4.69, 9.17) is 5.73 Å². The Hall–Kier alpha value is -1.15. The summed E-state index contributed by atoms with van der Waals surface area (Å²) in [5.74, 6) is -0.193. The molecule has 0 aromatic heterocycles. The lowest BCUT2D eigenvalue weighted by molar-refractivity contribution is 0.183. The van der Waals surface area contributed by atoms with Gasteiger partial charge in [-0.1, -0.05) is 6.07 Å². The number of hydrogen-bond donors (Lipinski definition) is 4. The number of rotatable bonds is 4. The Morgan fingerprint density at radius 2 is 2.12 bits per heavy atom. The van der Waals surface area contributed by atoms with Crippen molar-refractivity contribution in [3.63, 3.8) is 0 Å². The van der Waals surface area contributed by atoms with Crippen molar-refractivity contribution in [2.24, 2.45) is 5.73 Å². The molecule has 0 unspecified atom stereocenters. The number of benzene rings is 1. The number of phenolic OH excluding ortho intramolecular Hbond substituents is 1. The lowest BCUT2D eigenvalue weighted by Crippen LogP contribution is -2.22. The maximum absolute atomic E-state index is 11.6. The van der Waals surface area contributed by atoms with E-state index < -0.39 is 16.1 Å². The fourth-order valence-electron chi connectivity index (χ4n) is 1.27. The first-order valence-corrected chi connectivity index (χ1v) is 6.05. The summed E-state index contributed by atoms with van der Waals surface area (Å²) in [6, 6.07) is 3.69. The number of aliphatic hydroxyl groups excluding tert-OH is 1. The molecule has 0 radical (unpaired) electrons. The Morgan fingerprint density at radius 3 is 2.62 bits per heavy atom. The van der Waals surface area contributed by atoms with Crippen molar-refractivity contribution in [1.82, 2.24) is 4.72 Å². The molecule has 1 aromatic rings. The molecular formula is C9H14N2O4S. The minimum absolute atomic E-state index is 0.100. The van der Waals surface area contributed by atoms with Gasteiger partial charge < -0.3 is 15.9 Å². The quantitative estimate of drug-likeness (QED) is 0.560. The van der Waals surface area contributed by atoms with Crippen molar-refractivity contribution in [2.45, 2.75) is 11.0 Å².